The predicted octanol–water partition coefficient (Wildman–Crippen LogP) is 3.22. The SMILES string of the molecule is COc1ccc(C(C)NC(C)C(CO)SC)cc1Br. The van der Waals surface area contributed by atoms with E-state index in [4.69, 9.17) is 4.74 Å². The molecule has 2 N–H and O–H groups in total. The number of ether oxygens (including phenoxy) is 1. The Morgan fingerprint density at radius 2 is 2.11 bits per heavy atom. The fourth-order valence-corrected chi connectivity index (χ4v) is 3.18. The zero-order valence-corrected chi connectivity index (χ0v) is 14.2. The lowest BCUT2D eigenvalue weighted by Crippen LogP contribution is -2.38. The van der Waals surface area contributed by atoms with Gasteiger partial charge in [0.2, 0.25) is 0 Å². The third kappa shape index (κ3) is 4.67. The largest absolute Gasteiger partial charge is 0.496 e. The van der Waals surface area contributed by atoms with Gasteiger partial charge in [-0.25, -0.2) is 0 Å². The number of thioether (sulfide) groups is 1. The summed E-state index contributed by atoms with van der Waals surface area (Å²) >= 11 is 5.18. The van der Waals surface area contributed by atoms with E-state index in [0.29, 0.717) is 0 Å². The van der Waals surface area contributed by atoms with E-state index in [-0.39, 0.29) is 23.9 Å². The van der Waals surface area contributed by atoms with Crippen LogP contribution in [0.2, 0.25) is 0 Å². The molecule has 0 aliphatic rings. The standard InChI is InChI=1S/C14H22BrNO2S/c1-9(16-10(2)14(8-17)19-4)11-5-6-13(18-3)12(15)7-11/h5-7,9-10,14,16-17H,8H2,1-4H3. The van der Waals surface area contributed by atoms with Crippen molar-refractivity contribution in [1.29, 1.82) is 0 Å². The van der Waals surface area contributed by atoms with E-state index in [2.05, 4.69) is 47.2 Å². The molecule has 0 radical (unpaired) electrons. The number of aliphatic hydroxyl groups is 1. The van der Waals surface area contributed by atoms with Crippen molar-refractivity contribution < 1.29 is 9.84 Å². The van der Waals surface area contributed by atoms with Crippen LogP contribution >= 0.6 is 27.7 Å². The molecule has 19 heavy (non-hydrogen) atoms. The minimum atomic E-state index is 0.189. The first-order valence-corrected chi connectivity index (χ1v) is 8.34. The minimum absolute atomic E-state index is 0.189. The lowest BCUT2D eigenvalue weighted by atomic mass is 10.1. The quantitative estimate of drug-likeness (QED) is 0.794. The average molecular weight is 348 g/mol. The Labute approximate surface area is 128 Å². The third-order valence-corrected chi connectivity index (χ3v) is 5.01. The molecule has 1 aromatic carbocycles. The number of aliphatic hydroxyl groups excluding tert-OH is 1. The van der Waals surface area contributed by atoms with E-state index in [0.717, 1.165) is 10.2 Å². The van der Waals surface area contributed by atoms with Gasteiger partial charge in [0, 0.05) is 17.3 Å². The summed E-state index contributed by atoms with van der Waals surface area (Å²) in [6.07, 6.45) is 2.02. The van der Waals surface area contributed by atoms with Gasteiger partial charge in [-0.1, -0.05) is 6.07 Å². The molecule has 0 aromatic heterocycles. The molecule has 0 saturated carbocycles. The molecule has 3 unspecified atom stereocenters. The Kier molecular flexibility index (Phi) is 7.21. The molecule has 3 atom stereocenters. The summed E-state index contributed by atoms with van der Waals surface area (Å²) < 4.78 is 6.19. The highest BCUT2D eigenvalue weighted by atomic mass is 79.9. The number of halogens is 1. The van der Waals surface area contributed by atoms with Crippen molar-refractivity contribution >= 4 is 27.7 Å². The molecule has 0 spiro atoms. The number of hydrogen-bond donors (Lipinski definition) is 2. The van der Waals surface area contributed by atoms with Gasteiger partial charge in [-0.15, -0.1) is 0 Å². The number of nitrogens with one attached hydrogen (secondary N) is 1. The number of hydrogen-bond acceptors (Lipinski definition) is 4. The van der Waals surface area contributed by atoms with Crippen LogP contribution in [0.1, 0.15) is 25.5 Å². The minimum Gasteiger partial charge on any atom is -0.496 e. The Morgan fingerprint density at radius 3 is 2.58 bits per heavy atom. The zero-order chi connectivity index (χ0) is 14.4. The van der Waals surface area contributed by atoms with Crippen molar-refractivity contribution in [3.63, 3.8) is 0 Å². The monoisotopic (exact) mass is 347 g/mol. The molecule has 3 nitrogen and oxygen atoms in total. The molecular weight excluding hydrogens is 326 g/mol. The van der Waals surface area contributed by atoms with Crippen molar-refractivity contribution in [2.45, 2.75) is 31.2 Å². The van der Waals surface area contributed by atoms with Gasteiger partial charge in [-0.05, 0) is 53.7 Å². The maximum atomic E-state index is 9.31. The van der Waals surface area contributed by atoms with Crippen LogP contribution in [0, 0.1) is 0 Å². The molecule has 0 amide bonds. The molecule has 1 rings (SSSR count). The van der Waals surface area contributed by atoms with Crippen LogP contribution in [-0.2, 0) is 0 Å². The molecule has 0 aliphatic heterocycles. The average Bonchev–Trinajstić information content (AvgIpc) is 2.39. The van der Waals surface area contributed by atoms with E-state index >= 15 is 0 Å². The van der Waals surface area contributed by atoms with Crippen LogP contribution in [-0.4, -0.2) is 36.4 Å². The molecule has 1 aromatic rings. The lowest BCUT2D eigenvalue weighted by molar-refractivity contribution is 0.272. The topological polar surface area (TPSA) is 41.5 Å². The first kappa shape index (κ1) is 16.8. The Morgan fingerprint density at radius 1 is 1.42 bits per heavy atom. The van der Waals surface area contributed by atoms with Crippen LogP contribution in [0.25, 0.3) is 0 Å². The lowest BCUT2D eigenvalue weighted by Gasteiger charge is -2.26. The van der Waals surface area contributed by atoms with Crippen molar-refractivity contribution in [2.75, 3.05) is 20.0 Å². The Balaban J connectivity index is 2.72. The van der Waals surface area contributed by atoms with Crippen LogP contribution < -0.4 is 10.1 Å². The van der Waals surface area contributed by atoms with Crippen molar-refractivity contribution in [3.8, 4) is 5.75 Å². The maximum absolute atomic E-state index is 9.31. The van der Waals surface area contributed by atoms with Crippen molar-refractivity contribution in [1.82, 2.24) is 5.32 Å². The van der Waals surface area contributed by atoms with Gasteiger partial charge in [0.05, 0.1) is 18.2 Å². The summed E-state index contributed by atoms with van der Waals surface area (Å²) in [4.78, 5) is 0. The fourth-order valence-electron chi connectivity index (χ4n) is 1.99. The zero-order valence-electron chi connectivity index (χ0n) is 11.8. The van der Waals surface area contributed by atoms with Crippen molar-refractivity contribution in [3.05, 3.63) is 28.2 Å². The molecule has 0 fully saturated rings. The first-order valence-electron chi connectivity index (χ1n) is 6.26. The van der Waals surface area contributed by atoms with Gasteiger partial charge in [-0.3, -0.25) is 0 Å². The number of rotatable bonds is 7. The molecule has 108 valence electrons. The molecule has 0 heterocycles. The van der Waals surface area contributed by atoms with Gasteiger partial charge in [-0.2, -0.15) is 11.8 Å². The second-order valence-corrected chi connectivity index (χ2v) is 6.46. The molecule has 0 aliphatic carbocycles. The highest BCUT2D eigenvalue weighted by molar-refractivity contribution is 9.10. The maximum Gasteiger partial charge on any atom is 0.133 e. The van der Waals surface area contributed by atoms with Crippen LogP contribution in [0.15, 0.2) is 22.7 Å². The first-order chi connectivity index (χ1) is 9.03. The van der Waals surface area contributed by atoms with Crippen LogP contribution in [0.3, 0.4) is 0 Å². The molecule has 5 heteroatoms. The van der Waals surface area contributed by atoms with Gasteiger partial charge in [0.1, 0.15) is 5.75 Å². The van der Waals surface area contributed by atoms with Gasteiger partial charge in [0.25, 0.3) is 0 Å². The summed E-state index contributed by atoms with van der Waals surface area (Å²) in [6, 6.07) is 6.55. The second kappa shape index (κ2) is 8.15. The van der Waals surface area contributed by atoms with E-state index in [1.165, 1.54) is 5.56 Å². The molecule has 0 bridgehead atoms. The van der Waals surface area contributed by atoms with E-state index < -0.39 is 0 Å². The molecule has 0 saturated heterocycles. The summed E-state index contributed by atoms with van der Waals surface area (Å²) in [5.41, 5.74) is 1.19. The number of methoxy groups -OCH3 is 1. The summed E-state index contributed by atoms with van der Waals surface area (Å²) in [5.74, 6) is 0.835. The van der Waals surface area contributed by atoms with Gasteiger partial charge < -0.3 is 15.2 Å². The number of benzene rings is 1. The normalized spacial score (nSPS) is 15.9. The van der Waals surface area contributed by atoms with Crippen LogP contribution in [0.4, 0.5) is 0 Å². The summed E-state index contributed by atoms with van der Waals surface area (Å²) in [5, 5.41) is 13.0. The van der Waals surface area contributed by atoms with Gasteiger partial charge in [0.15, 0.2) is 0 Å². The van der Waals surface area contributed by atoms with E-state index in [1.807, 2.05) is 12.3 Å². The van der Waals surface area contributed by atoms with E-state index in [9.17, 15) is 5.11 Å². The van der Waals surface area contributed by atoms with E-state index in [1.54, 1.807) is 18.9 Å². The Bertz CT molecular complexity index is 399. The fraction of sp³-hybridized carbons (Fsp3) is 0.571. The smallest absolute Gasteiger partial charge is 0.133 e. The van der Waals surface area contributed by atoms with Crippen LogP contribution in [0.5, 0.6) is 5.75 Å². The third-order valence-electron chi connectivity index (χ3n) is 3.23. The highest BCUT2D eigenvalue weighted by Crippen LogP contribution is 2.28. The predicted molar refractivity (Wildman–Crippen MR) is 86.1 cm³/mol. The molecular formula is C14H22BrNO2S. The second-order valence-electron chi connectivity index (χ2n) is 4.53. The summed E-state index contributed by atoms with van der Waals surface area (Å²) in [6.45, 7) is 4.42. The van der Waals surface area contributed by atoms with Gasteiger partial charge >= 0.3 is 0 Å². The van der Waals surface area contributed by atoms with Crippen molar-refractivity contribution in [2.24, 2.45) is 0 Å². The summed E-state index contributed by atoms with van der Waals surface area (Å²) in [7, 11) is 1.66. The Hall–Kier alpha value is -0.230. The highest BCUT2D eigenvalue weighted by Gasteiger charge is 2.18.